The molecule has 4 heteroatoms. The highest BCUT2D eigenvalue weighted by Crippen LogP contribution is 2.03. The molecule has 1 rings (SSSR count). The second-order valence-electron chi connectivity index (χ2n) is 3.44. The Morgan fingerprint density at radius 3 is 2.69 bits per heavy atom. The SMILES string of the molecule is NCCCCOC(=O)CNc1ccccc1. The highest BCUT2D eigenvalue weighted by molar-refractivity contribution is 5.74. The van der Waals surface area contributed by atoms with Crippen molar-refractivity contribution in [3.05, 3.63) is 30.3 Å². The van der Waals surface area contributed by atoms with Crippen LogP contribution in [0.15, 0.2) is 30.3 Å². The summed E-state index contributed by atoms with van der Waals surface area (Å²) in [4.78, 5) is 11.3. The number of esters is 1. The molecule has 1 aromatic carbocycles. The molecule has 0 bridgehead atoms. The molecule has 0 saturated heterocycles. The molecule has 0 unspecified atom stereocenters. The van der Waals surface area contributed by atoms with Gasteiger partial charge in [0, 0.05) is 5.69 Å². The minimum absolute atomic E-state index is 0.201. The smallest absolute Gasteiger partial charge is 0.325 e. The first-order valence-corrected chi connectivity index (χ1v) is 5.47. The van der Waals surface area contributed by atoms with Gasteiger partial charge in [0.1, 0.15) is 6.54 Å². The molecule has 0 atom stereocenters. The van der Waals surface area contributed by atoms with Crippen LogP contribution < -0.4 is 11.1 Å². The summed E-state index contributed by atoms with van der Waals surface area (Å²) in [6, 6.07) is 9.56. The Bertz CT molecular complexity index is 301. The van der Waals surface area contributed by atoms with Crippen molar-refractivity contribution in [2.24, 2.45) is 5.73 Å². The first-order chi connectivity index (χ1) is 7.83. The highest BCUT2D eigenvalue weighted by atomic mass is 16.5. The zero-order valence-corrected chi connectivity index (χ0v) is 9.32. The molecule has 0 radical (unpaired) electrons. The Labute approximate surface area is 95.8 Å². The molecule has 0 aromatic heterocycles. The lowest BCUT2D eigenvalue weighted by Gasteiger charge is -2.06. The number of hydrogen-bond acceptors (Lipinski definition) is 4. The average Bonchev–Trinajstić information content (AvgIpc) is 2.33. The van der Waals surface area contributed by atoms with Crippen molar-refractivity contribution in [2.75, 3.05) is 25.0 Å². The Morgan fingerprint density at radius 1 is 1.25 bits per heavy atom. The van der Waals surface area contributed by atoms with E-state index in [1.165, 1.54) is 0 Å². The number of para-hydroxylation sites is 1. The summed E-state index contributed by atoms with van der Waals surface area (Å²) in [5.41, 5.74) is 6.25. The van der Waals surface area contributed by atoms with Gasteiger partial charge in [0.05, 0.1) is 6.61 Å². The maximum Gasteiger partial charge on any atom is 0.325 e. The molecule has 1 aromatic rings. The summed E-state index contributed by atoms with van der Waals surface area (Å²) in [7, 11) is 0. The van der Waals surface area contributed by atoms with Crippen molar-refractivity contribution in [2.45, 2.75) is 12.8 Å². The fourth-order valence-electron chi connectivity index (χ4n) is 1.21. The monoisotopic (exact) mass is 222 g/mol. The quantitative estimate of drug-likeness (QED) is 0.540. The van der Waals surface area contributed by atoms with E-state index in [0.717, 1.165) is 18.5 Å². The van der Waals surface area contributed by atoms with E-state index in [-0.39, 0.29) is 12.5 Å². The van der Waals surface area contributed by atoms with Crippen LogP contribution in [0.25, 0.3) is 0 Å². The maximum absolute atomic E-state index is 11.3. The fourth-order valence-corrected chi connectivity index (χ4v) is 1.21. The van der Waals surface area contributed by atoms with Gasteiger partial charge in [-0.1, -0.05) is 18.2 Å². The zero-order valence-electron chi connectivity index (χ0n) is 9.32. The molecule has 4 nitrogen and oxygen atoms in total. The van der Waals surface area contributed by atoms with Crippen molar-refractivity contribution in [1.29, 1.82) is 0 Å². The van der Waals surface area contributed by atoms with Crippen LogP contribution in [0.2, 0.25) is 0 Å². The lowest BCUT2D eigenvalue weighted by molar-refractivity contribution is -0.141. The predicted octanol–water partition coefficient (Wildman–Crippen LogP) is 1.38. The molecule has 16 heavy (non-hydrogen) atoms. The minimum atomic E-state index is -0.235. The standard InChI is InChI=1S/C12H18N2O2/c13-8-4-5-9-16-12(15)10-14-11-6-2-1-3-7-11/h1-3,6-7,14H,4-5,8-10,13H2. The van der Waals surface area contributed by atoms with E-state index in [9.17, 15) is 4.79 Å². The largest absolute Gasteiger partial charge is 0.464 e. The first kappa shape index (κ1) is 12.5. The Balaban J connectivity index is 2.11. The molecule has 88 valence electrons. The predicted molar refractivity (Wildman–Crippen MR) is 64.2 cm³/mol. The molecule has 0 spiro atoms. The summed E-state index contributed by atoms with van der Waals surface area (Å²) in [6.45, 7) is 1.29. The summed E-state index contributed by atoms with van der Waals surface area (Å²) in [6.07, 6.45) is 1.72. The van der Waals surface area contributed by atoms with Gasteiger partial charge in [0.2, 0.25) is 0 Å². The molecule has 0 amide bonds. The van der Waals surface area contributed by atoms with Crippen LogP contribution in [0.4, 0.5) is 5.69 Å². The van der Waals surface area contributed by atoms with Gasteiger partial charge in [0.15, 0.2) is 0 Å². The maximum atomic E-state index is 11.3. The number of carbonyl (C=O) groups excluding carboxylic acids is 1. The van der Waals surface area contributed by atoms with Crippen LogP contribution in [0.5, 0.6) is 0 Å². The second-order valence-corrected chi connectivity index (χ2v) is 3.44. The van der Waals surface area contributed by atoms with Crippen LogP contribution in [0.1, 0.15) is 12.8 Å². The summed E-state index contributed by atoms with van der Waals surface area (Å²) < 4.78 is 5.01. The van der Waals surface area contributed by atoms with E-state index in [1.807, 2.05) is 30.3 Å². The summed E-state index contributed by atoms with van der Waals surface area (Å²) in [5.74, 6) is -0.235. The van der Waals surface area contributed by atoms with Gasteiger partial charge in [-0.15, -0.1) is 0 Å². The van der Waals surface area contributed by atoms with Gasteiger partial charge in [-0.25, -0.2) is 0 Å². The lowest BCUT2D eigenvalue weighted by atomic mass is 10.3. The second kappa shape index (κ2) is 7.70. The lowest BCUT2D eigenvalue weighted by Crippen LogP contribution is -2.17. The van der Waals surface area contributed by atoms with Crippen molar-refractivity contribution < 1.29 is 9.53 Å². The Morgan fingerprint density at radius 2 is 2.00 bits per heavy atom. The molecule has 0 aliphatic rings. The van der Waals surface area contributed by atoms with Gasteiger partial charge >= 0.3 is 5.97 Å². The average molecular weight is 222 g/mol. The van der Waals surface area contributed by atoms with Crippen molar-refractivity contribution in [3.8, 4) is 0 Å². The summed E-state index contributed by atoms with van der Waals surface area (Å²) >= 11 is 0. The highest BCUT2D eigenvalue weighted by Gasteiger charge is 2.01. The van der Waals surface area contributed by atoms with Crippen molar-refractivity contribution in [1.82, 2.24) is 0 Å². The molecule has 0 fully saturated rings. The third-order valence-corrected chi connectivity index (χ3v) is 2.07. The third-order valence-electron chi connectivity index (χ3n) is 2.07. The number of unbranched alkanes of at least 4 members (excludes halogenated alkanes) is 1. The van der Waals surface area contributed by atoms with Gasteiger partial charge in [-0.2, -0.15) is 0 Å². The Kier molecular flexibility index (Phi) is 6.03. The number of hydrogen-bond donors (Lipinski definition) is 2. The van der Waals surface area contributed by atoms with Gasteiger partial charge in [0.25, 0.3) is 0 Å². The number of anilines is 1. The number of benzene rings is 1. The van der Waals surface area contributed by atoms with Crippen molar-refractivity contribution >= 4 is 11.7 Å². The van der Waals surface area contributed by atoms with Crippen molar-refractivity contribution in [3.63, 3.8) is 0 Å². The van der Waals surface area contributed by atoms with Gasteiger partial charge < -0.3 is 15.8 Å². The van der Waals surface area contributed by atoms with E-state index in [2.05, 4.69) is 5.32 Å². The first-order valence-electron chi connectivity index (χ1n) is 5.47. The summed E-state index contributed by atoms with van der Waals surface area (Å²) in [5, 5.41) is 2.99. The van der Waals surface area contributed by atoms with E-state index >= 15 is 0 Å². The zero-order chi connectivity index (χ0) is 11.6. The normalized spacial score (nSPS) is 9.81. The van der Waals surface area contributed by atoms with Crippen LogP contribution in [0.3, 0.4) is 0 Å². The van der Waals surface area contributed by atoms with Crippen LogP contribution in [0, 0.1) is 0 Å². The number of carbonyl (C=O) groups is 1. The third kappa shape index (κ3) is 5.36. The van der Waals surface area contributed by atoms with Crippen LogP contribution in [-0.2, 0) is 9.53 Å². The van der Waals surface area contributed by atoms with E-state index in [0.29, 0.717) is 13.2 Å². The number of nitrogens with two attached hydrogens (primary N) is 1. The molecule has 3 N–H and O–H groups in total. The topological polar surface area (TPSA) is 64.3 Å². The molecular formula is C12H18N2O2. The van der Waals surface area contributed by atoms with Crippen LogP contribution >= 0.6 is 0 Å². The van der Waals surface area contributed by atoms with E-state index in [4.69, 9.17) is 10.5 Å². The number of ether oxygens (including phenoxy) is 1. The fraction of sp³-hybridized carbons (Fsp3) is 0.417. The molecular weight excluding hydrogens is 204 g/mol. The number of rotatable bonds is 7. The van der Waals surface area contributed by atoms with Gasteiger partial charge in [-0.3, -0.25) is 4.79 Å². The van der Waals surface area contributed by atoms with E-state index < -0.39 is 0 Å². The Hall–Kier alpha value is -1.55. The molecule has 0 aliphatic carbocycles. The molecule has 0 saturated carbocycles. The van der Waals surface area contributed by atoms with E-state index in [1.54, 1.807) is 0 Å². The van der Waals surface area contributed by atoms with Crippen LogP contribution in [-0.4, -0.2) is 25.7 Å². The number of nitrogens with one attached hydrogen (secondary N) is 1. The molecule has 0 heterocycles. The van der Waals surface area contributed by atoms with Gasteiger partial charge in [-0.05, 0) is 31.5 Å². The minimum Gasteiger partial charge on any atom is -0.464 e. The molecule has 0 aliphatic heterocycles.